The van der Waals surface area contributed by atoms with Crippen LogP contribution in [0.15, 0.2) is 77.2 Å². The minimum atomic E-state index is -0.194. The van der Waals surface area contributed by atoms with Crippen LogP contribution in [0.5, 0.6) is 0 Å². The monoisotopic (exact) mass is 480 g/mol. The average molecular weight is 481 g/mol. The first-order valence-corrected chi connectivity index (χ1v) is 12.2. The van der Waals surface area contributed by atoms with Crippen molar-refractivity contribution in [2.24, 2.45) is 0 Å². The van der Waals surface area contributed by atoms with E-state index in [4.69, 9.17) is 4.42 Å². The molecule has 0 spiro atoms. The van der Waals surface area contributed by atoms with E-state index in [0.29, 0.717) is 29.5 Å². The van der Waals surface area contributed by atoms with E-state index in [2.05, 4.69) is 15.5 Å². The van der Waals surface area contributed by atoms with E-state index >= 15 is 0 Å². The van der Waals surface area contributed by atoms with Gasteiger partial charge < -0.3 is 14.6 Å². The minimum Gasteiger partial charge on any atom is -0.416 e. The Morgan fingerprint density at radius 2 is 1.61 bits per heavy atom. The Hall–Kier alpha value is -4.26. The molecular formula is C29H28N4O3. The van der Waals surface area contributed by atoms with Crippen molar-refractivity contribution in [2.45, 2.75) is 32.7 Å². The maximum absolute atomic E-state index is 12.8. The highest BCUT2D eigenvalue weighted by Crippen LogP contribution is 2.26. The van der Waals surface area contributed by atoms with Crippen molar-refractivity contribution in [1.29, 1.82) is 0 Å². The van der Waals surface area contributed by atoms with Gasteiger partial charge in [-0.1, -0.05) is 30.3 Å². The summed E-state index contributed by atoms with van der Waals surface area (Å²) in [7, 11) is 0. The molecule has 0 aliphatic carbocycles. The number of piperidine rings is 1. The van der Waals surface area contributed by atoms with Crippen LogP contribution in [0.2, 0.25) is 0 Å². The maximum Gasteiger partial charge on any atom is 0.253 e. The summed E-state index contributed by atoms with van der Waals surface area (Å²) < 4.78 is 5.86. The van der Waals surface area contributed by atoms with Gasteiger partial charge in [-0.05, 0) is 79.8 Å². The molecular weight excluding hydrogens is 452 g/mol. The Balaban J connectivity index is 1.21. The van der Waals surface area contributed by atoms with Crippen molar-refractivity contribution >= 4 is 11.8 Å². The fourth-order valence-corrected chi connectivity index (χ4v) is 4.40. The zero-order valence-corrected chi connectivity index (χ0v) is 20.2. The molecule has 1 aliphatic rings. The number of aryl methyl sites for hydroxylation is 1. The van der Waals surface area contributed by atoms with Gasteiger partial charge in [0.25, 0.3) is 11.8 Å². The van der Waals surface area contributed by atoms with Crippen LogP contribution in [0.4, 0.5) is 0 Å². The summed E-state index contributed by atoms with van der Waals surface area (Å²) in [5, 5.41) is 11.3. The number of carbonyl (C=O) groups is 2. The molecule has 0 atom stereocenters. The largest absolute Gasteiger partial charge is 0.416 e. The van der Waals surface area contributed by atoms with Crippen LogP contribution < -0.4 is 5.32 Å². The molecule has 5 rings (SSSR count). The molecule has 0 bridgehead atoms. The highest BCUT2D eigenvalue weighted by molar-refractivity contribution is 5.95. The molecule has 0 radical (unpaired) electrons. The fraction of sp³-hybridized carbons (Fsp3) is 0.241. The zero-order valence-electron chi connectivity index (χ0n) is 20.2. The van der Waals surface area contributed by atoms with Crippen LogP contribution in [-0.4, -0.2) is 40.0 Å². The van der Waals surface area contributed by atoms with Crippen LogP contribution in [-0.2, 0) is 6.54 Å². The number of aromatic nitrogens is 2. The fourth-order valence-electron chi connectivity index (χ4n) is 4.40. The number of likely N-dealkylation sites (tertiary alicyclic amines) is 1. The number of hydrogen-bond donors (Lipinski definition) is 1. The topological polar surface area (TPSA) is 88.3 Å². The van der Waals surface area contributed by atoms with Gasteiger partial charge >= 0.3 is 0 Å². The SMILES string of the molecule is Cc1ccccc1-c1nnc(-c2ccc(C(=O)NCc3cccc(C(=O)N4CCCCC4)c3)cc2)o1. The van der Waals surface area contributed by atoms with E-state index in [1.807, 2.05) is 60.4 Å². The van der Waals surface area contributed by atoms with Gasteiger partial charge in [-0.25, -0.2) is 0 Å². The molecule has 7 heteroatoms. The first-order valence-electron chi connectivity index (χ1n) is 12.2. The summed E-state index contributed by atoms with van der Waals surface area (Å²) in [6.45, 7) is 3.96. The van der Waals surface area contributed by atoms with Crippen LogP contribution in [0, 0.1) is 6.92 Å². The smallest absolute Gasteiger partial charge is 0.253 e. The molecule has 4 aromatic rings. The number of amides is 2. The lowest BCUT2D eigenvalue weighted by Crippen LogP contribution is -2.35. The van der Waals surface area contributed by atoms with Crippen molar-refractivity contribution < 1.29 is 14.0 Å². The predicted molar refractivity (Wildman–Crippen MR) is 137 cm³/mol. The summed E-state index contributed by atoms with van der Waals surface area (Å²) in [6.07, 6.45) is 3.29. The molecule has 1 fully saturated rings. The first-order chi connectivity index (χ1) is 17.6. The second-order valence-corrected chi connectivity index (χ2v) is 9.04. The molecule has 1 N–H and O–H groups in total. The molecule has 1 aromatic heterocycles. The third-order valence-corrected chi connectivity index (χ3v) is 6.46. The van der Waals surface area contributed by atoms with E-state index in [1.165, 1.54) is 6.42 Å². The quantitative estimate of drug-likeness (QED) is 0.406. The van der Waals surface area contributed by atoms with Crippen LogP contribution in [0.1, 0.15) is 51.1 Å². The zero-order chi connectivity index (χ0) is 24.9. The molecule has 1 saturated heterocycles. The number of rotatable bonds is 6. The molecule has 7 nitrogen and oxygen atoms in total. The Labute approximate surface area is 210 Å². The van der Waals surface area contributed by atoms with Crippen LogP contribution >= 0.6 is 0 Å². The molecule has 2 heterocycles. The standard InChI is InChI=1S/C29H28N4O3/c1-20-8-3-4-11-25(20)28-32-31-27(36-28)23-14-12-22(13-15-23)26(34)30-19-21-9-7-10-24(18-21)29(35)33-16-5-2-6-17-33/h3-4,7-15,18H,2,5-6,16-17,19H2,1H3,(H,30,34). The van der Waals surface area contributed by atoms with E-state index in [9.17, 15) is 9.59 Å². The second-order valence-electron chi connectivity index (χ2n) is 9.04. The highest BCUT2D eigenvalue weighted by Gasteiger charge is 2.18. The van der Waals surface area contributed by atoms with E-state index in [1.54, 1.807) is 24.3 Å². The number of carbonyl (C=O) groups excluding carboxylic acids is 2. The van der Waals surface area contributed by atoms with Crippen molar-refractivity contribution in [3.8, 4) is 22.9 Å². The number of hydrogen-bond acceptors (Lipinski definition) is 5. The van der Waals surface area contributed by atoms with Gasteiger partial charge in [0, 0.05) is 41.9 Å². The Morgan fingerprint density at radius 3 is 2.39 bits per heavy atom. The summed E-state index contributed by atoms with van der Waals surface area (Å²) in [5.41, 5.74) is 4.77. The van der Waals surface area contributed by atoms with Crippen LogP contribution in [0.25, 0.3) is 22.9 Å². The maximum atomic E-state index is 12.8. The van der Waals surface area contributed by atoms with Gasteiger partial charge in [-0.2, -0.15) is 0 Å². The van der Waals surface area contributed by atoms with E-state index in [-0.39, 0.29) is 11.8 Å². The highest BCUT2D eigenvalue weighted by atomic mass is 16.4. The van der Waals surface area contributed by atoms with Crippen molar-refractivity contribution in [1.82, 2.24) is 20.4 Å². The summed E-state index contributed by atoms with van der Waals surface area (Å²) in [6, 6.07) is 22.4. The summed E-state index contributed by atoms with van der Waals surface area (Å²) >= 11 is 0. The van der Waals surface area contributed by atoms with Gasteiger partial charge in [-0.3, -0.25) is 9.59 Å². The summed E-state index contributed by atoms with van der Waals surface area (Å²) in [5.74, 6) is 0.729. The molecule has 2 amide bonds. The lowest BCUT2D eigenvalue weighted by atomic mass is 10.1. The second kappa shape index (κ2) is 10.6. The van der Waals surface area contributed by atoms with E-state index in [0.717, 1.165) is 48.2 Å². The van der Waals surface area contributed by atoms with Crippen LogP contribution in [0.3, 0.4) is 0 Å². The van der Waals surface area contributed by atoms with Crippen molar-refractivity contribution in [2.75, 3.05) is 13.1 Å². The molecule has 0 unspecified atom stereocenters. The Kier molecular flexibility index (Phi) is 6.89. The predicted octanol–water partition coefficient (Wildman–Crippen LogP) is 5.27. The van der Waals surface area contributed by atoms with Gasteiger partial charge in [0.05, 0.1) is 0 Å². The lowest BCUT2D eigenvalue weighted by molar-refractivity contribution is 0.0724. The molecule has 0 saturated carbocycles. The third kappa shape index (κ3) is 5.20. The Morgan fingerprint density at radius 1 is 0.861 bits per heavy atom. The lowest BCUT2D eigenvalue weighted by Gasteiger charge is -2.26. The molecule has 3 aromatic carbocycles. The normalized spacial score (nSPS) is 13.4. The summed E-state index contributed by atoms with van der Waals surface area (Å²) in [4.78, 5) is 27.4. The first kappa shape index (κ1) is 23.5. The van der Waals surface area contributed by atoms with Gasteiger partial charge in [0.2, 0.25) is 11.8 Å². The number of nitrogens with zero attached hydrogens (tertiary/aromatic N) is 3. The van der Waals surface area contributed by atoms with Crippen molar-refractivity contribution in [3.05, 3.63) is 95.1 Å². The van der Waals surface area contributed by atoms with Crippen molar-refractivity contribution in [3.63, 3.8) is 0 Å². The van der Waals surface area contributed by atoms with Gasteiger partial charge in [0.1, 0.15) is 0 Å². The number of nitrogens with one attached hydrogen (secondary N) is 1. The Bertz CT molecular complexity index is 1370. The average Bonchev–Trinajstić information content (AvgIpc) is 3.42. The molecule has 182 valence electrons. The molecule has 36 heavy (non-hydrogen) atoms. The van der Waals surface area contributed by atoms with Gasteiger partial charge in [-0.15, -0.1) is 10.2 Å². The third-order valence-electron chi connectivity index (χ3n) is 6.46. The minimum absolute atomic E-state index is 0.0603. The van der Waals surface area contributed by atoms with Gasteiger partial charge in [0.15, 0.2) is 0 Å². The number of benzene rings is 3. The molecule has 1 aliphatic heterocycles. The van der Waals surface area contributed by atoms with E-state index < -0.39 is 0 Å².